The maximum Gasteiger partial charge on any atom is 0.138 e. The highest BCUT2D eigenvalue weighted by atomic mass is 19.1. The van der Waals surface area contributed by atoms with Crippen molar-refractivity contribution in [2.24, 2.45) is 10.4 Å². The van der Waals surface area contributed by atoms with Crippen molar-refractivity contribution in [1.82, 2.24) is 25.6 Å². The van der Waals surface area contributed by atoms with Gasteiger partial charge in [-0.2, -0.15) is 0 Å². The van der Waals surface area contributed by atoms with E-state index in [4.69, 9.17) is 4.99 Å². The molecule has 5 heterocycles. The molecule has 3 N–H and O–H groups in total. The van der Waals surface area contributed by atoms with Crippen LogP contribution in [-0.2, 0) is 0 Å². The summed E-state index contributed by atoms with van der Waals surface area (Å²) < 4.78 is 14.7. The van der Waals surface area contributed by atoms with Crippen LogP contribution in [0, 0.1) is 11.2 Å². The lowest BCUT2D eigenvalue weighted by Crippen LogP contribution is -2.46. The van der Waals surface area contributed by atoms with Crippen molar-refractivity contribution >= 4 is 22.6 Å². The summed E-state index contributed by atoms with van der Waals surface area (Å²) in [7, 11) is 0. The summed E-state index contributed by atoms with van der Waals surface area (Å²) in [6, 6.07) is 11.1. The minimum Gasteiger partial charge on any atom is -0.340 e. The van der Waals surface area contributed by atoms with E-state index in [1.807, 2.05) is 30.6 Å². The second-order valence-corrected chi connectivity index (χ2v) is 12.2. The smallest absolute Gasteiger partial charge is 0.138 e. The van der Waals surface area contributed by atoms with Gasteiger partial charge in [0.25, 0.3) is 0 Å². The summed E-state index contributed by atoms with van der Waals surface area (Å²) in [6.07, 6.45) is 11.6. The predicted octanol–water partition coefficient (Wildman–Crippen LogP) is 6.52. The van der Waals surface area contributed by atoms with Gasteiger partial charge in [0.05, 0.1) is 11.7 Å². The first kappa shape index (κ1) is 25.1. The topological polar surface area (TPSA) is 78.0 Å². The zero-order chi connectivity index (χ0) is 27.4. The fraction of sp³-hybridized carbons (Fsp3) is 0.364. The van der Waals surface area contributed by atoms with Crippen LogP contribution < -0.4 is 10.6 Å². The van der Waals surface area contributed by atoms with Crippen LogP contribution >= 0.6 is 0 Å². The van der Waals surface area contributed by atoms with Gasteiger partial charge in [-0.25, -0.2) is 9.37 Å². The highest BCUT2D eigenvalue weighted by Gasteiger charge is 2.36. The number of halogens is 1. The minimum absolute atomic E-state index is 0.0426. The summed E-state index contributed by atoms with van der Waals surface area (Å²) in [6.45, 7) is 8.75. The number of pyridine rings is 2. The molecule has 0 amide bonds. The van der Waals surface area contributed by atoms with E-state index < -0.39 is 0 Å². The molecule has 4 aromatic rings. The van der Waals surface area contributed by atoms with Gasteiger partial charge in [0.2, 0.25) is 0 Å². The average molecular weight is 535 g/mol. The molecular weight excluding hydrogens is 499 g/mol. The van der Waals surface area contributed by atoms with Crippen LogP contribution in [0.15, 0.2) is 66.1 Å². The third-order valence-corrected chi connectivity index (χ3v) is 8.77. The van der Waals surface area contributed by atoms with Crippen LogP contribution in [0.4, 0.5) is 4.39 Å². The molecule has 40 heavy (non-hydrogen) atoms. The standard InChI is InChI=1S/C33H35FN6/c1-19-14-27(21-10-13-37-31-23(21)15-28(38-31)22-6-4-5-7-26(22)34)39-32(40-29-11-12-35-18-33(29,2)3)30-24(19)16-36-17-25(30)20-8-9-20/h4-7,10,13-17,19-20,29,35H,8-9,11-12,18H2,1-3H3,(H,37,38)(H,39,40). The third kappa shape index (κ3) is 4.42. The van der Waals surface area contributed by atoms with Gasteiger partial charge < -0.3 is 15.6 Å². The molecule has 0 spiro atoms. The number of hydrogen-bond acceptors (Lipinski definition) is 4. The van der Waals surface area contributed by atoms with Gasteiger partial charge in [0, 0.05) is 58.8 Å². The molecule has 3 aromatic heterocycles. The lowest BCUT2D eigenvalue weighted by molar-refractivity contribution is 0.223. The molecule has 7 rings (SSSR count). The van der Waals surface area contributed by atoms with Crippen molar-refractivity contribution in [2.75, 3.05) is 13.1 Å². The molecule has 2 fully saturated rings. The quantitative estimate of drug-likeness (QED) is 0.278. The maximum atomic E-state index is 14.7. The van der Waals surface area contributed by atoms with Crippen LogP contribution in [0.25, 0.3) is 28.0 Å². The number of piperidine rings is 1. The van der Waals surface area contributed by atoms with Gasteiger partial charge in [0.15, 0.2) is 0 Å². The Morgan fingerprint density at radius 3 is 2.65 bits per heavy atom. The number of fused-ring (bicyclic) bond motifs is 2. The van der Waals surface area contributed by atoms with Crippen molar-refractivity contribution < 1.29 is 4.39 Å². The van der Waals surface area contributed by atoms with Gasteiger partial charge >= 0.3 is 0 Å². The molecule has 0 bridgehead atoms. The molecule has 1 saturated heterocycles. The molecule has 2 aliphatic heterocycles. The number of aliphatic imine (C=N–C) groups is 1. The Balaban J connectivity index is 1.38. The molecule has 2 unspecified atom stereocenters. The van der Waals surface area contributed by atoms with E-state index >= 15 is 0 Å². The molecular formula is C33H35FN6. The highest BCUT2D eigenvalue weighted by molar-refractivity contribution is 6.08. The number of benzene rings is 1. The van der Waals surface area contributed by atoms with Crippen molar-refractivity contribution in [3.05, 3.63) is 89.1 Å². The van der Waals surface area contributed by atoms with E-state index in [1.165, 1.54) is 35.6 Å². The first-order chi connectivity index (χ1) is 19.4. The Kier molecular flexibility index (Phi) is 6.08. The van der Waals surface area contributed by atoms with Crippen LogP contribution in [0.5, 0.6) is 0 Å². The molecule has 3 aliphatic rings. The summed E-state index contributed by atoms with van der Waals surface area (Å²) in [5.74, 6) is 1.35. The third-order valence-electron chi connectivity index (χ3n) is 8.77. The van der Waals surface area contributed by atoms with E-state index in [0.29, 0.717) is 17.2 Å². The van der Waals surface area contributed by atoms with Gasteiger partial charge in [-0.05, 0) is 72.5 Å². The number of aromatic amines is 1. The normalized spacial score (nSPS) is 23.4. The molecule has 0 radical (unpaired) electrons. The summed E-state index contributed by atoms with van der Waals surface area (Å²) in [4.78, 5) is 18.1. The Bertz CT molecular complexity index is 1660. The fourth-order valence-electron chi connectivity index (χ4n) is 6.28. The van der Waals surface area contributed by atoms with E-state index in [0.717, 1.165) is 47.6 Å². The van der Waals surface area contributed by atoms with Crippen molar-refractivity contribution in [1.29, 1.82) is 0 Å². The second kappa shape index (κ2) is 9.66. The molecule has 2 atom stereocenters. The number of nitrogens with zero attached hydrogens (tertiary/aromatic N) is 3. The van der Waals surface area contributed by atoms with Crippen LogP contribution in [0.3, 0.4) is 0 Å². The summed E-state index contributed by atoms with van der Waals surface area (Å²) in [5, 5.41) is 8.32. The Morgan fingerprint density at radius 2 is 1.85 bits per heavy atom. The first-order valence-electron chi connectivity index (χ1n) is 14.4. The van der Waals surface area contributed by atoms with Crippen LogP contribution in [-0.4, -0.2) is 39.9 Å². The van der Waals surface area contributed by atoms with Crippen molar-refractivity contribution in [3.8, 4) is 11.3 Å². The summed E-state index contributed by atoms with van der Waals surface area (Å²) in [5.41, 5.74) is 7.76. The predicted molar refractivity (Wildman–Crippen MR) is 159 cm³/mol. The molecule has 1 aromatic carbocycles. The Morgan fingerprint density at radius 1 is 1.02 bits per heavy atom. The second-order valence-electron chi connectivity index (χ2n) is 12.2. The number of allylic oxidation sites excluding steroid dienone is 1. The SMILES string of the molecule is CC1C=C(c2ccnc3[nH]c(-c4ccccc4F)cc23)NC(=NC2CCNCC2(C)C)c2c1cncc2C1CC1. The number of H-pyrrole nitrogens is 1. The largest absolute Gasteiger partial charge is 0.340 e. The Hall–Kier alpha value is -3.84. The number of aromatic nitrogens is 3. The minimum atomic E-state index is -0.259. The van der Waals surface area contributed by atoms with Gasteiger partial charge in [-0.15, -0.1) is 0 Å². The Labute approximate surface area is 234 Å². The number of nitrogens with one attached hydrogen (secondary N) is 3. The van der Waals surface area contributed by atoms with Gasteiger partial charge in [0.1, 0.15) is 17.3 Å². The number of rotatable bonds is 4. The van der Waals surface area contributed by atoms with E-state index in [1.54, 1.807) is 12.1 Å². The average Bonchev–Trinajstić information content (AvgIpc) is 3.72. The molecule has 6 nitrogen and oxygen atoms in total. The molecule has 1 saturated carbocycles. The maximum absolute atomic E-state index is 14.7. The number of hydrogen-bond donors (Lipinski definition) is 3. The molecule has 7 heteroatoms. The van der Waals surface area contributed by atoms with Crippen LogP contribution in [0.1, 0.15) is 74.1 Å². The van der Waals surface area contributed by atoms with Crippen LogP contribution in [0.2, 0.25) is 0 Å². The van der Waals surface area contributed by atoms with E-state index in [2.05, 4.69) is 58.6 Å². The molecule has 1 aliphatic carbocycles. The lowest BCUT2D eigenvalue weighted by Gasteiger charge is -2.37. The van der Waals surface area contributed by atoms with Gasteiger partial charge in [-0.3, -0.25) is 9.98 Å². The van der Waals surface area contributed by atoms with Crippen molar-refractivity contribution in [3.63, 3.8) is 0 Å². The highest BCUT2D eigenvalue weighted by Crippen LogP contribution is 2.44. The fourth-order valence-corrected chi connectivity index (χ4v) is 6.28. The first-order valence-corrected chi connectivity index (χ1v) is 14.4. The van der Waals surface area contributed by atoms with Gasteiger partial charge in [-0.1, -0.05) is 39.0 Å². The van der Waals surface area contributed by atoms with E-state index in [-0.39, 0.29) is 23.2 Å². The zero-order valence-electron chi connectivity index (χ0n) is 23.3. The monoisotopic (exact) mass is 534 g/mol. The lowest BCUT2D eigenvalue weighted by atomic mass is 9.80. The molecule has 204 valence electrons. The summed E-state index contributed by atoms with van der Waals surface area (Å²) >= 11 is 0. The number of amidine groups is 1. The zero-order valence-corrected chi connectivity index (χ0v) is 23.3. The van der Waals surface area contributed by atoms with Crippen molar-refractivity contribution in [2.45, 2.75) is 57.9 Å². The van der Waals surface area contributed by atoms with E-state index in [9.17, 15) is 4.39 Å².